The second-order valence-electron chi connectivity index (χ2n) is 3.72. The summed E-state index contributed by atoms with van der Waals surface area (Å²) in [7, 11) is 0. The van der Waals surface area contributed by atoms with Gasteiger partial charge in [0, 0.05) is 12.6 Å². The molecule has 2 unspecified atom stereocenters. The molecule has 1 aromatic heterocycles. The molecule has 0 amide bonds. The van der Waals surface area contributed by atoms with Crippen molar-refractivity contribution in [1.82, 2.24) is 9.97 Å². The third-order valence-electron chi connectivity index (χ3n) is 2.55. The summed E-state index contributed by atoms with van der Waals surface area (Å²) in [4.78, 5) is 7.94. The Balaban J connectivity index is 1.96. The van der Waals surface area contributed by atoms with Crippen molar-refractivity contribution >= 4 is 5.69 Å². The standard InChI is InChI=1S/C10H15N3O/c1-8-6-14-3-2-10(8)13-9-4-11-7-12-5-9/h4-5,7-8,10,13H,2-3,6H2,1H3. The second kappa shape index (κ2) is 4.37. The van der Waals surface area contributed by atoms with Crippen LogP contribution in [0, 0.1) is 5.92 Å². The van der Waals surface area contributed by atoms with Crippen LogP contribution in [-0.2, 0) is 4.74 Å². The number of ether oxygens (including phenoxy) is 1. The molecule has 0 saturated carbocycles. The Morgan fingerprint density at radius 2 is 2.21 bits per heavy atom. The highest BCUT2D eigenvalue weighted by atomic mass is 16.5. The van der Waals surface area contributed by atoms with Crippen molar-refractivity contribution < 1.29 is 4.74 Å². The third-order valence-corrected chi connectivity index (χ3v) is 2.55. The Kier molecular flexibility index (Phi) is 2.93. The fraction of sp³-hybridized carbons (Fsp3) is 0.600. The van der Waals surface area contributed by atoms with Crippen molar-refractivity contribution in [3.8, 4) is 0 Å². The summed E-state index contributed by atoms with van der Waals surface area (Å²) in [6, 6.07) is 0.481. The summed E-state index contributed by atoms with van der Waals surface area (Å²) in [6.45, 7) is 3.88. The summed E-state index contributed by atoms with van der Waals surface area (Å²) < 4.78 is 5.38. The molecular formula is C10H15N3O. The average Bonchev–Trinajstić information content (AvgIpc) is 2.23. The lowest BCUT2D eigenvalue weighted by Gasteiger charge is -2.30. The lowest BCUT2D eigenvalue weighted by Crippen LogP contribution is -2.35. The zero-order valence-corrected chi connectivity index (χ0v) is 8.31. The van der Waals surface area contributed by atoms with E-state index < -0.39 is 0 Å². The molecule has 0 radical (unpaired) electrons. The van der Waals surface area contributed by atoms with Crippen molar-refractivity contribution in [2.45, 2.75) is 19.4 Å². The Hall–Kier alpha value is -1.16. The lowest BCUT2D eigenvalue weighted by atomic mass is 9.98. The Morgan fingerprint density at radius 3 is 2.93 bits per heavy atom. The summed E-state index contributed by atoms with van der Waals surface area (Å²) in [5.74, 6) is 0.545. The molecule has 2 atom stereocenters. The molecule has 1 N–H and O–H groups in total. The van der Waals surface area contributed by atoms with E-state index in [-0.39, 0.29) is 0 Å². The first-order chi connectivity index (χ1) is 6.86. The molecule has 2 heterocycles. The van der Waals surface area contributed by atoms with E-state index in [2.05, 4.69) is 22.2 Å². The molecule has 1 saturated heterocycles. The van der Waals surface area contributed by atoms with Crippen molar-refractivity contribution in [1.29, 1.82) is 0 Å². The molecule has 14 heavy (non-hydrogen) atoms. The molecule has 0 bridgehead atoms. The highest BCUT2D eigenvalue weighted by Crippen LogP contribution is 2.18. The molecule has 4 heteroatoms. The smallest absolute Gasteiger partial charge is 0.115 e. The number of nitrogens with zero attached hydrogens (tertiary/aromatic N) is 2. The Morgan fingerprint density at radius 1 is 1.43 bits per heavy atom. The van der Waals surface area contributed by atoms with E-state index in [1.54, 1.807) is 18.7 Å². The van der Waals surface area contributed by atoms with Crippen LogP contribution in [0.2, 0.25) is 0 Å². The van der Waals surface area contributed by atoms with E-state index in [9.17, 15) is 0 Å². The van der Waals surface area contributed by atoms with Gasteiger partial charge in [-0.1, -0.05) is 6.92 Å². The molecule has 1 fully saturated rings. The van der Waals surface area contributed by atoms with Crippen molar-refractivity contribution in [3.05, 3.63) is 18.7 Å². The van der Waals surface area contributed by atoms with Gasteiger partial charge in [0.2, 0.25) is 0 Å². The predicted octanol–water partition coefficient (Wildman–Crippen LogP) is 1.31. The van der Waals surface area contributed by atoms with Crippen LogP contribution in [0.3, 0.4) is 0 Å². The predicted molar refractivity (Wildman–Crippen MR) is 54.0 cm³/mol. The molecule has 2 rings (SSSR count). The molecule has 0 aliphatic carbocycles. The van der Waals surface area contributed by atoms with Crippen molar-refractivity contribution in [3.63, 3.8) is 0 Å². The number of hydrogen-bond acceptors (Lipinski definition) is 4. The SMILES string of the molecule is CC1COCCC1Nc1cncnc1. The minimum absolute atomic E-state index is 0.481. The lowest BCUT2D eigenvalue weighted by molar-refractivity contribution is 0.0537. The highest BCUT2D eigenvalue weighted by molar-refractivity contribution is 5.38. The van der Waals surface area contributed by atoms with Gasteiger partial charge in [0.15, 0.2) is 0 Å². The van der Waals surface area contributed by atoms with Gasteiger partial charge in [0.25, 0.3) is 0 Å². The van der Waals surface area contributed by atoms with Gasteiger partial charge in [-0.3, -0.25) is 0 Å². The van der Waals surface area contributed by atoms with E-state index in [0.717, 1.165) is 25.3 Å². The zero-order valence-electron chi connectivity index (χ0n) is 8.31. The fourth-order valence-corrected chi connectivity index (χ4v) is 1.68. The van der Waals surface area contributed by atoms with Gasteiger partial charge in [0.1, 0.15) is 6.33 Å². The molecule has 0 spiro atoms. The number of nitrogens with one attached hydrogen (secondary N) is 1. The van der Waals surface area contributed by atoms with Gasteiger partial charge in [-0.15, -0.1) is 0 Å². The molecule has 1 aliphatic rings. The first-order valence-corrected chi connectivity index (χ1v) is 4.95. The summed E-state index contributed by atoms with van der Waals surface area (Å²) in [5, 5.41) is 3.43. The van der Waals surface area contributed by atoms with E-state index in [1.165, 1.54) is 0 Å². The maximum absolute atomic E-state index is 5.38. The van der Waals surface area contributed by atoms with Crippen LogP contribution in [0.1, 0.15) is 13.3 Å². The normalized spacial score (nSPS) is 27.2. The van der Waals surface area contributed by atoms with Crippen molar-refractivity contribution in [2.75, 3.05) is 18.5 Å². The molecule has 76 valence electrons. The number of aromatic nitrogens is 2. The third kappa shape index (κ3) is 2.20. The minimum Gasteiger partial charge on any atom is -0.381 e. The zero-order chi connectivity index (χ0) is 9.80. The maximum Gasteiger partial charge on any atom is 0.115 e. The van der Waals surface area contributed by atoms with Crippen molar-refractivity contribution in [2.24, 2.45) is 5.92 Å². The highest BCUT2D eigenvalue weighted by Gasteiger charge is 2.21. The largest absolute Gasteiger partial charge is 0.381 e. The average molecular weight is 193 g/mol. The van der Waals surface area contributed by atoms with Crippen LogP contribution in [-0.4, -0.2) is 29.2 Å². The summed E-state index contributed by atoms with van der Waals surface area (Å²) in [5.41, 5.74) is 0.992. The second-order valence-corrected chi connectivity index (χ2v) is 3.72. The van der Waals surface area contributed by atoms with E-state index in [1.807, 2.05) is 0 Å². The van der Waals surface area contributed by atoms with Gasteiger partial charge in [-0.2, -0.15) is 0 Å². The molecule has 1 aliphatic heterocycles. The van der Waals surface area contributed by atoms with Gasteiger partial charge in [0.05, 0.1) is 24.7 Å². The first-order valence-electron chi connectivity index (χ1n) is 4.95. The molecular weight excluding hydrogens is 178 g/mol. The van der Waals surface area contributed by atoms with Gasteiger partial charge in [-0.05, 0) is 12.3 Å². The molecule has 0 aromatic carbocycles. The Labute approximate surface area is 83.7 Å². The van der Waals surface area contributed by atoms with E-state index in [0.29, 0.717) is 12.0 Å². The number of hydrogen-bond donors (Lipinski definition) is 1. The summed E-state index contributed by atoms with van der Waals surface area (Å²) >= 11 is 0. The van der Waals surface area contributed by atoms with E-state index in [4.69, 9.17) is 4.74 Å². The van der Waals surface area contributed by atoms with Crippen LogP contribution < -0.4 is 5.32 Å². The minimum atomic E-state index is 0.481. The quantitative estimate of drug-likeness (QED) is 0.769. The topological polar surface area (TPSA) is 47.0 Å². The van der Waals surface area contributed by atoms with Gasteiger partial charge in [-0.25, -0.2) is 9.97 Å². The molecule has 1 aromatic rings. The van der Waals surface area contributed by atoms with Crippen LogP contribution in [0.5, 0.6) is 0 Å². The Bertz CT molecular complexity index is 278. The monoisotopic (exact) mass is 193 g/mol. The molecule has 4 nitrogen and oxygen atoms in total. The van der Waals surface area contributed by atoms with Gasteiger partial charge < -0.3 is 10.1 Å². The van der Waals surface area contributed by atoms with Gasteiger partial charge >= 0.3 is 0 Å². The number of anilines is 1. The van der Waals surface area contributed by atoms with Crippen LogP contribution >= 0.6 is 0 Å². The fourth-order valence-electron chi connectivity index (χ4n) is 1.68. The number of rotatable bonds is 2. The first kappa shape index (κ1) is 9.40. The summed E-state index contributed by atoms with van der Waals surface area (Å²) in [6.07, 6.45) is 6.19. The maximum atomic E-state index is 5.38. The van der Waals surface area contributed by atoms with E-state index >= 15 is 0 Å². The van der Waals surface area contributed by atoms with Crippen LogP contribution in [0.25, 0.3) is 0 Å². The van der Waals surface area contributed by atoms with Crippen LogP contribution in [0.4, 0.5) is 5.69 Å². The van der Waals surface area contributed by atoms with Crippen LogP contribution in [0.15, 0.2) is 18.7 Å².